The zero-order valence-corrected chi connectivity index (χ0v) is 25.2. The maximum Gasteiger partial charge on any atom is 0.260 e. The van der Waals surface area contributed by atoms with Crippen molar-refractivity contribution in [1.29, 1.82) is 0 Å². The Morgan fingerprint density at radius 2 is 1.69 bits per heavy atom. The second-order valence-electron chi connectivity index (χ2n) is 10.3. The fourth-order valence-corrected chi connectivity index (χ4v) is 7.90. The Hall–Kier alpha value is -2.53. The molecule has 39 heavy (non-hydrogen) atoms. The van der Waals surface area contributed by atoms with Crippen molar-refractivity contribution in [2.45, 2.75) is 45.9 Å². The summed E-state index contributed by atoms with van der Waals surface area (Å²) < 4.78 is 34.8. The lowest BCUT2D eigenvalue weighted by atomic mass is 9.94. The van der Waals surface area contributed by atoms with E-state index in [2.05, 4.69) is 32.6 Å². The van der Waals surface area contributed by atoms with E-state index in [1.165, 1.54) is 11.3 Å². The molecule has 0 N–H and O–H groups in total. The van der Waals surface area contributed by atoms with Gasteiger partial charge in [-0.25, -0.2) is 13.4 Å². The van der Waals surface area contributed by atoms with Crippen LogP contribution in [0.5, 0.6) is 5.75 Å². The van der Waals surface area contributed by atoms with Gasteiger partial charge in [-0.2, -0.15) is 4.31 Å². The number of nitrogens with zero attached hydrogens (tertiary/aromatic N) is 4. The molecule has 2 aromatic carbocycles. The number of hydrogen-bond acceptors (Lipinski definition) is 7. The fourth-order valence-electron chi connectivity index (χ4n) is 5.21. The van der Waals surface area contributed by atoms with Gasteiger partial charge < -0.3 is 9.64 Å². The van der Waals surface area contributed by atoms with Crippen LogP contribution in [0, 0.1) is 11.8 Å². The normalized spacial score (nSPS) is 18.5. The first-order chi connectivity index (χ1) is 18.7. The molecule has 0 radical (unpaired) electrons. The van der Waals surface area contributed by atoms with Crippen molar-refractivity contribution in [2.24, 2.45) is 11.8 Å². The lowest BCUT2D eigenvalue weighted by molar-refractivity contribution is 0.0983. The molecule has 1 aromatic heterocycles. The van der Waals surface area contributed by atoms with Crippen molar-refractivity contribution in [3.63, 3.8) is 0 Å². The van der Waals surface area contributed by atoms with Crippen molar-refractivity contribution in [2.75, 3.05) is 50.8 Å². The zero-order chi connectivity index (χ0) is 28.2. The summed E-state index contributed by atoms with van der Waals surface area (Å²) in [6.45, 7) is 14.9. The second-order valence-corrected chi connectivity index (χ2v) is 13.3. The summed E-state index contributed by atoms with van der Waals surface area (Å²) in [4.78, 5) is 22.8. The van der Waals surface area contributed by atoms with Crippen molar-refractivity contribution >= 4 is 42.6 Å². The number of anilines is 1. The molecule has 1 aliphatic rings. The van der Waals surface area contributed by atoms with Gasteiger partial charge in [0.15, 0.2) is 5.13 Å². The number of aromatic nitrogens is 1. The standard InChI is InChI=1S/C29H40N4O4S2/c1-6-31(7-2)15-16-33(29-30-26-14-11-24(37-8-3)18-27(26)38-29)28(34)23-9-12-25(13-10-23)39(35,36)32-19-21(4)17-22(5)20-32/h9-14,18,21-22H,6-8,15-17,19-20H2,1-5H3. The predicted octanol–water partition coefficient (Wildman–Crippen LogP) is 5.35. The monoisotopic (exact) mass is 572 g/mol. The van der Waals surface area contributed by atoms with E-state index in [1.807, 2.05) is 25.1 Å². The van der Waals surface area contributed by atoms with Gasteiger partial charge in [0.25, 0.3) is 5.91 Å². The number of benzene rings is 2. The molecule has 1 aliphatic heterocycles. The molecule has 4 rings (SSSR count). The van der Waals surface area contributed by atoms with Gasteiger partial charge >= 0.3 is 0 Å². The third-order valence-corrected chi connectivity index (χ3v) is 10.1. The molecule has 1 amide bonds. The number of carbonyl (C=O) groups excluding carboxylic acids is 1. The Balaban J connectivity index is 1.61. The summed E-state index contributed by atoms with van der Waals surface area (Å²) in [6.07, 6.45) is 1.03. The minimum Gasteiger partial charge on any atom is -0.494 e. The summed E-state index contributed by atoms with van der Waals surface area (Å²) in [7, 11) is -3.62. The second kappa shape index (κ2) is 12.8. The van der Waals surface area contributed by atoms with E-state index < -0.39 is 10.0 Å². The van der Waals surface area contributed by atoms with Gasteiger partial charge in [-0.3, -0.25) is 9.69 Å². The molecule has 8 nitrogen and oxygen atoms in total. The molecular weight excluding hydrogens is 532 g/mol. The van der Waals surface area contributed by atoms with Gasteiger partial charge in [0, 0.05) is 31.7 Å². The minimum atomic E-state index is -3.62. The molecule has 10 heteroatoms. The van der Waals surface area contributed by atoms with E-state index in [0.717, 1.165) is 35.5 Å². The molecule has 0 spiro atoms. The number of fused-ring (bicyclic) bond motifs is 1. The van der Waals surface area contributed by atoms with Crippen LogP contribution in [-0.4, -0.2) is 74.4 Å². The molecule has 0 saturated carbocycles. The number of sulfonamides is 1. The van der Waals surface area contributed by atoms with Gasteiger partial charge in [0.1, 0.15) is 5.75 Å². The Bertz CT molecular complexity index is 1360. The number of piperidine rings is 1. The van der Waals surface area contributed by atoms with Crippen molar-refractivity contribution in [1.82, 2.24) is 14.2 Å². The maximum absolute atomic E-state index is 13.8. The fraction of sp³-hybridized carbons (Fsp3) is 0.517. The highest BCUT2D eigenvalue weighted by molar-refractivity contribution is 7.89. The van der Waals surface area contributed by atoms with Crippen LogP contribution >= 0.6 is 11.3 Å². The SMILES string of the molecule is CCOc1ccc2nc(N(CCN(CC)CC)C(=O)c3ccc(S(=O)(=O)N4CC(C)CC(C)C4)cc3)sc2c1. The maximum atomic E-state index is 13.8. The van der Waals surface area contributed by atoms with Crippen LogP contribution in [0.1, 0.15) is 51.4 Å². The largest absolute Gasteiger partial charge is 0.494 e. The topological polar surface area (TPSA) is 83.0 Å². The van der Waals surface area contributed by atoms with Crippen LogP contribution in [0.4, 0.5) is 5.13 Å². The average Bonchev–Trinajstić information content (AvgIpc) is 3.33. The Kier molecular flexibility index (Phi) is 9.64. The molecule has 0 bridgehead atoms. The number of carbonyl (C=O) groups is 1. The lowest BCUT2D eigenvalue weighted by Gasteiger charge is -2.34. The van der Waals surface area contributed by atoms with E-state index in [4.69, 9.17) is 9.72 Å². The smallest absolute Gasteiger partial charge is 0.260 e. The van der Waals surface area contributed by atoms with Gasteiger partial charge in [0.05, 0.1) is 21.7 Å². The van der Waals surface area contributed by atoms with Gasteiger partial charge in [-0.1, -0.05) is 39.0 Å². The van der Waals surface area contributed by atoms with Crippen molar-refractivity contribution in [3.8, 4) is 5.75 Å². The molecule has 1 fully saturated rings. The molecule has 2 atom stereocenters. The Labute approximate surface area is 236 Å². The molecule has 1 saturated heterocycles. The van der Waals surface area contributed by atoms with Gasteiger partial charge in [0.2, 0.25) is 10.0 Å². The lowest BCUT2D eigenvalue weighted by Crippen LogP contribution is -2.42. The number of likely N-dealkylation sites (N-methyl/N-ethyl adjacent to an activating group) is 1. The van der Waals surface area contributed by atoms with E-state index in [1.54, 1.807) is 33.5 Å². The predicted molar refractivity (Wildman–Crippen MR) is 158 cm³/mol. The van der Waals surface area contributed by atoms with Crippen molar-refractivity contribution in [3.05, 3.63) is 48.0 Å². The number of ether oxygens (including phenoxy) is 1. The number of rotatable bonds is 11. The quantitative estimate of drug-likeness (QED) is 0.308. The van der Waals surface area contributed by atoms with E-state index in [-0.39, 0.29) is 10.8 Å². The Morgan fingerprint density at radius 1 is 1.03 bits per heavy atom. The first kappa shape index (κ1) is 29.5. The van der Waals surface area contributed by atoms with Crippen LogP contribution < -0.4 is 9.64 Å². The summed E-state index contributed by atoms with van der Waals surface area (Å²) in [6, 6.07) is 12.1. The van der Waals surface area contributed by atoms with Crippen LogP contribution in [0.25, 0.3) is 10.2 Å². The summed E-state index contributed by atoms with van der Waals surface area (Å²) >= 11 is 1.45. The highest BCUT2D eigenvalue weighted by Crippen LogP contribution is 2.33. The number of amides is 1. The first-order valence-electron chi connectivity index (χ1n) is 13.8. The minimum absolute atomic E-state index is 0.199. The summed E-state index contributed by atoms with van der Waals surface area (Å²) in [5.41, 5.74) is 1.24. The summed E-state index contributed by atoms with van der Waals surface area (Å²) in [5.74, 6) is 1.22. The highest BCUT2D eigenvalue weighted by Gasteiger charge is 2.32. The Morgan fingerprint density at radius 3 is 2.31 bits per heavy atom. The van der Waals surface area contributed by atoms with Crippen LogP contribution in [0.3, 0.4) is 0 Å². The summed E-state index contributed by atoms with van der Waals surface area (Å²) in [5, 5.41) is 0.615. The molecule has 0 aliphatic carbocycles. The van der Waals surface area contributed by atoms with E-state index in [0.29, 0.717) is 55.3 Å². The third-order valence-electron chi connectivity index (χ3n) is 7.24. The van der Waals surface area contributed by atoms with E-state index >= 15 is 0 Å². The number of hydrogen-bond donors (Lipinski definition) is 0. The molecular formula is C29H40N4O4S2. The van der Waals surface area contributed by atoms with E-state index in [9.17, 15) is 13.2 Å². The molecule has 2 heterocycles. The zero-order valence-electron chi connectivity index (χ0n) is 23.6. The molecule has 212 valence electrons. The van der Waals surface area contributed by atoms with Crippen LogP contribution in [-0.2, 0) is 10.0 Å². The first-order valence-corrected chi connectivity index (χ1v) is 16.1. The number of thiazole rings is 1. The molecule has 3 aromatic rings. The highest BCUT2D eigenvalue weighted by atomic mass is 32.2. The van der Waals surface area contributed by atoms with Crippen LogP contribution in [0.15, 0.2) is 47.4 Å². The molecule has 2 unspecified atom stereocenters. The van der Waals surface area contributed by atoms with Crippen LogP contribution in [0.2, 0.25) is 0 Å². The average molecular weight is 573 g/mol. The third kappa shape index (κ3) is 6.80. The van der Waals surface area contributed by atoms with Crippen molar-refractivity contribution < 1.29 is 17.9 Å². The van der Waals surface area contributed by atoms with Gasteiger partial charge in [-0.05, 0) is 80.7 Å². The van der Waals surface area contributed by atoms with Gasteiger partial charge in [-0.15, -0.1) is 0 Å².